The van der Waals surface area contributed by atoms with Crippen LogP contribution >= 0.6 is 0 Å². The van der Waals surface area contributed by atoms with Crippen LogP contribution in [0.15, 0.2) is 0 Å². The number of ether oxygens (including phenoxy) is 3. The molecule has 13 heavy (non-hydrogen) atoms. The molecule has 0 saturated carbocycles. The van der Waals surface area contributed by atoms with Gasteiger partial charge < -0.3 is 14.2 Å². The Bertz CT molecular complexity index is 94.9. The summed E-state index contributed by atoms with van der Waals surface area (Å²) in [6.07, 6.45) is -0.213. The van der Waals surface area contributed by atoms with Crippen LogP contribution in [0, 0.1) is 0 Å². The lowest BCUT2D eigenvalue weighted by atomic mass is 10.4. The van der Waals surface area contributed by atoms with E-state index >= 15 is 0 Å². The molecule has 0 spiro atoms. The van der Waals surface area contributed by atoms with Crippen LogP contribution in [-0.4, -0.2) is 43.2 Å². The van der Waals surface area contributed by atoms with Crippen molar-refractivity contribution >= 4 is 11.0 Å². The van der Waals surface area contributed by atoms with Gasteiger partial charge in [0.1, 0.15) is 6.10 Å². The van der Waals surface area contributed by atoms with Gasteiger partial charge >= 0.3 is 0 Å². The maximum Gasteiger partial charge on any atom is 0.183 e. The zero-order valence-electron chi connectivity index (χ0n) is 8.50. The fraction of sp³-hybridized carbons (Fsp3) is 1.00. The molecular formula is C9H24O3Si. The summed E-state index contributed by atoms with van der Waals surface area (Å²) in [6.45, 7) is 9.82. The Morgan fingerprint density at radius 2 is 1.23 bits per heavy atom. The van der Waals surface area contributed by atoms with Gasteiger partial charge in [0.05, 0.1) is 0 Å². The highest BCUT2D eigenvalue weighted by Gasteiger charge is 2.16. The summed E-state index contributed by atoms with van der Waals surface area (Å²) >= 11 is 0. The Morgan fingerprint density at radius 1 is 0.846 bits per heavy atom. The van der Waals surface area contributed by atoms with Crippen molar-refractivity contribution in [1.29, 1.82) is 0 Å². The Kier molecular flexibility index (Phi) is 12.2. The van der Waals surface area contributed by atoms with E-state index in [0.29, 0.717) is 19.8 Å². The zero-order chi connectivity index (χ0) is 9.40. The highest BCUT2D eigenvalue weighted by Crippen LogP contribution is 2.05. The minimum absolute atomic E-state index is 0. The maximum absolute atomic E-state index is 5.36. The second-order valence-electron chi connectivity index (χ2n) is 2.44. The van der Waals surface area contributed by atoms with Gasteiger partial charge in [-0.15, -0.1) is 0 Å². The van der Waals surface area contributed by atoms with Crippen LogP contribution in [0.5, 0.6) is 0 Å². The molecule has 0 aromatic rings. The van der Waals surface area contributed by atoms with Crippen LogP contribution < -0.4 is 0 Å². The van der Waals surface area contributed by atoms with Crippen LogP contribution in [0.2, 0.25) is 0 Å². The molecule has 0 heterocycles. The first kappa shape index (κ1) is 15.6. The smallest absolute Gasteiger partial charge is 0.183 e. The van der Waals surface area contributed by atoms with E-state index in [2.05, 4.69) is 0 Å². The first-order valence-corrected chi connectivity index (χ1v) is 4.61. The molecule has 0 aromatic heterocycles. The Hall–Kier alpha value is 0.0969. The molecule has 0 aliphatic carbocycles. The Balaban J connectivity index is 0. The SMILES string of the molecule is CCOC(C)C(OCC)OCC.[SiH4]. The molecular weight excluding hydrogens is 184 g/mol. The van der Waals surface area contributed by atoms with Gasteiger partial charge in [0.15, 0.2) is 6.29 Å². The van der Waals surface area contributed by atoms with Crippen LogP contribution in [0.25, 0.3) is 0 Å². The highest BCUT2D eigenvalue weighted by atomic mass is 28.1. The quantitative estimate of drug-likeness (QED) is 0.447. The third-order valence-electron chi connectivity index (χ3n) is 1.47. The van der Waals surface area contributed by atoms with E-state index in [1.807, 2.05) is 27.7 Å². The molecule has 3 nitrogen and oxygen atoms in total. The molecule has 4 heteroatoms. The van der Waals surface area contributed by atoms with Gasteiger partial charge in [-0.25, -0.2) is 0 Å². The molecule has 0 N–H and O–H groups in total. The van der Waals surface area contributed by atoms with E-state index in [0.717, 1.165) is 0 Å². The van der Waals surface area contributed by atoms with Crippen molar-refractivity contribution in [2.75, 3.05) is 19.8 Å². The predicted molar refractivity (Wildman–Crippen MR) is 59.5 cm³/mol. The lowest BCUT2D eigenvalue weighted by molar-refractivity contribution is -0.197. The molecule has 1 atom stereocenters. The van der Waals surface area contributed by atoms with Crippen molar-refractivity contribution in [3.05, 3.63) is 0 Å². The molecule has 82 valence electrons. The molecule has 0 rings (SSSR count). The summed E-state index contributed by atoms with van der Waals surface area (Å²) in [5.41, 5.74) is 0. The minimum Gasteiger partial charge on any atom is -0.374 e. The van der Waals surface area contributed by atoms with E-state index < -0.39 is 0 Å². The van der Waals surface area contributed by atoms with Crippen molar-refractivity contribution < 1.29 is 14.2 Å². The maximum atomic E-state index is 5.36. The monoisotopic (exact) mass is 208 g/mol. The summed E-state index contributed by atoms with van der Waals surface area (Å²) in [4.78, 5) is 0. The van der Waals surface area contributed by atoms with Crippen molar-refractivity contribution in [2.24, 2.45) is 0 Å². The molecule has 0 radical (unpaired) electrons. The molecule has 0 saturated heterocycles. The lowest BCUT2D eigenvalue weighted by Gasteiger charge is -2.23. The summed E-state index contributed by atoms with van der Waals surface area (Å²) in [5, 5.41) is 0. The number of rotatable bonds is 7. The van der Waals surface area contributed by atoms with E-state index in [4.69, 9.17) is 14.2 Å². The van der Waals surface area contributed by atoms with Gasteiger partial charge in [0.25, 0.3) is 0 Å². The normalized spacial score (nSPS) is 12.7. The van der Waals surface area contributed by atoms with Gasteiger partial charge in [0.2, 0.25) is 0 Å². The van der Waals surface area contributed by atoms with Gasteiger partial charge in [-0.05, 0) is 38.7 Å². The zero-order valence-corrected chi connectivity index (χ0v) is 8.50. The van der Waals surface area contributed by atoms with Crippen molar-refractivity contribution in [3.63, 3.8) is 0 Å². The van der Waals surface area contributed by atoms with Crippen LogP contribution in [-0.2, 0) is 14.2 Å². The minimum atomic E-state index is -0.222. The second kappa shape index (κ2) is 10.2. The van der Waals surface area contributed by atoms with Gasteiger partial charge in [-0.3, -0.25) is 0 Å². The van der Waals surface area contributed by atoms with E-state index in [9.17, 15) is 0 Å². The van der Waals surface area contributed by atoms with Crippen LogP contribution in [0.3, 0.4) is 0 Å². The summed E-state index contributed by atoms with van der Waals surface area (Å²) < 4.78 is 16.1. The second-order valence-corrected chi connectivity index (χ2v) is 2.44. The van der Waals surface area contributed by atoms with Crippen molar-refractivity contribution in [1.82, 2.24) is 0 Å². The van der Waals surface area contributed by atoms with Gasteiger partial charge in [0, 0.05) is 19.8 Å². The summed E-state index contributed by atoms with van der Waals surface area (Å²) in [5.74, 6) is 0. The summed E-state index contributed by atoms with van der Waals surface area (Å²) in [7, 11) is 0. The van der Waals surface area contributed by atoms with Gasteiger partial charge in [-0.2, -0.15) is 0 Å². The first-order valence-electron chi connectivity index (χ1n) is 4.61. The Morgan fingerprint density at radius 3 is 1.54 bits per heavy atom. The van der Waals surface area contributed by atoms with Crippen molar-refractivity contribution in [2.45, 2.75) is 40.1 Å². The Labute approximate surface area is 85.8 Å². The molecule has 0 aliphatic rings. The lowest BCUT2D eigenvalue weighted by Crippen LogP contribution is -2.31. The average Bonchev–Trinajstić information content (AvgIpc) is 2.04. The molecule has 0 aliphatic heterocycles. The molecule has 0 fully saturated rings. The highest BCUT2D eigenvalue weighted by molar-refractivity contribution is 5.75. The molecule has 0 bridgehead atoms. The predicted octanol–water partition coefficient (Wildman–Crippen LogP) is 0.359. The summed E-state index contributed by atoms with van der Waals surface area (Å²) in [6, 6.07) is 0. The first-order chi connectivity index (χ1) is 5.76. The van der Waals surface area contributed by atoms with E-state index in [-0.39, 0.29) is 23.4 Å². The van der Waals surface area contributed by atoms with Crippen molar-refractivity contribution in [3.8, 4) is 0 Å². The number of hydrogen-bond donors (Lipinski definition) is 0. The van der Waals surface area contributed by atoms with Gasteiger partial charge in [-0.1, -0.05) is 0 Å². The van der Waals surface area contributed by atoms with Crippen LogP contribution in [0.1, 0.15) is 27.7 Å². The van der Waals surface area contributed by atoms with E-state index in [1.54, 1.807) is 0 Å². The molecule has 0 amide bonds. The standard InChI is InChI=1S/C9H20O3.H4Si/c1-5-10-8(4)9(11-6-2)12-7-3;/h8-9H,5-7H2,1-4H3;1H4. The average molecular weight is 208 g/mol. The topological polar surface area (TPSA) is 27.7 Å². The third-order valence-corrected chi connectivity index (χ3v) is 1.47. The fourth-order valence-electron chi connectivity index (χ4n) is 0.989. The number of hydrogen-bond acceptors (Lipinski definition) is 3. The third kappa shape index (κ3) is 7.19. The fourth-order valence-corrected chi connectivity index (χ4v) is 0.989. The largest absolute Gasteiger partial charge is 0.374 e. The molecule has 1 unspecified atom stereocenters. The van der Waals surface area contributed by atoms with Crippen LogP contribution in [0.4, 0.5) is 0 Å². The van der Waals surface area contributed by atoms with E-state index in [1.165, 1.54) is 0 Å². The molecule has 0 aromatic carbocycles.